The molecule has 4 rings (SSSR count). The second kappa shape index (κ2) is 8.31. The lowest BCUT2D eigenvalue weighted by Crippen LogP contribution is -2.35. The number of carbonyl (C=O) groups is 1. The van der Waals surface area contributed by atoms with E-state index in [1.54, 1.807) is 13.3 Å². The first-order valence-corrected chi connectivity index (χ1v) is 9.59. The third-order valence-electron chi connectivity index (χ3n) is 5.20. The zero-order valence-electron chi connectivity index (χ0n) is 16.1. The molecule has 1 aliphatic carbocycles. The molecule has 3 aromatic rings. The van der Waals surface area contributed by atoms with Crippen LogP contribution in [0.15, 0.2) is 60.8 Å². The van der Waals surface area contributed by atoms with Crippen LogP contribution in [0.2, 0.25) is 0 Å². The van der Waals surface area contributed by atoms with Gasteiger partial charge in [-0.15, -0.1) is 0 Å². The Hall–Kier alpha value is -3.41. The minimum absolute atomic E-state index is 0.104. The summed E-state index contributed by atoms with van der Waals surface area (Å²) in [6.45, 7) is 0. The number of aryl methyl sites for hydroxylation is 2. The Morgan fingerprint density at radius 2 is 1.76 bits per heavy atom. The lowest BCUT2D eigenvalue weighted by molar-refractivity contribution is -0.146. The standard InChI is InChI=1S/C23H22N2O4/c1-28-18-12-10-16(11-13-18)20(15-6-3-2-4-7-15)21(22(26)27)29-23-24-14-17-8-5-9-19(17)25-23/h2-4,6-7,10-14,20-21H,5,8-9H2,1H3,(H,26,27). The van der Waals surface area contributed by atoms with E-state index < -0.39 is 18.0 Å². The first kappa shape index (κ1) is 18.9. The lowest BCUT2D eigenvalue weighted by atomic mass is 9.86. The van der Waals surface area contributed by atoms with Gasteiger partial charge in [0.2, 0.25) is 6.10 Å². The molecule has 0 radical (unpaired) electrons. The van der Waals surface area contributed by atoms with Crippen LogP contribution >= 0.6 is 0 Å². The van der Waals surface area contributed by atoms with E-state index in [0.29, 0.717) is 5.75 Å². The van der Waals surface area contributed by atoms with Crippen molar-refractivity contribution in [3.63, 3.8) is 0 Å². The maximum atomic E-state index is 12.2. The van der Waals surface area contributed by atoms with Crippen LogP contribution in [0.1, 0.15) is 34.7 Å². The van der Waals surface area contributed by atoms with Crippen LogP contribution in [0.5, 0.6) is 11.8 Å². The van der Waals surface area contributed by atoms with Gasteiger partial charge in [0.15, 0.2) is 0 Å². The highest BCUT2D eigenvalue weighted by atomic mass is 16.5. The Labute approximate surface area is 169 Å². The van der Waals surface area contributed by atoms with E-state index in [1.807, 2.05) is 54.6 Å². The monoisotopic (exact) mass is 390 g/mol. The number of hydrogen-bond acceptors (Lipinski definition) is 5. The van der Waals surface area contributed by atoms with E-state index in [2.05, 4.69) is 9.97 Å². The molecule has 2 atom stereocenters. The van der Waals surface area contributed by atoms with E-state index in [1.165, 1.54) is 0 Å². The van der Waals surface area contributed by atoms with Gasteiger partial charge in [-0.3, -0.25) is 0 Å². The van der Waals surface area contributed by atoms with Crippen LogP contribution in [0, 0.1) is 0 Å². The SMILES string of the molecule is COc1ccc(C(c2ccccc2)C(Oc2ncc3c(n2)CCC3)C(=O)O)cc1. The molecule has 6 heteroatoms. The van der Waals surface area contributed by atoms with Gasteiger partial charge >= 0.3 is 12.0 Å². The largest absolute Gasteiger partial charge is 0.497 e. The molecule has 0 aliphatic heterocycles. The van der Waals surface area contributed by atoms with E-state index in [9.17, 15) is 9.90 Å². The Bertz CT molecular complexity index is 990. The topological polar surface area (TPSA) is 81.5 Å². The number of benzene rings is 2. The molecule has 0 saturated carbocycles. The summed E-state index contributed by atoms with van der Waals surface area (Å²) >= 11 is 0. The fraction of sp³-hybridized carbons (Fsp3) is 0.261. The minimum Gasteiger partial charge on any atom is -0.497 e. The highest BCUT2D eigenvalue weighted by Crippen LogP contribution is 2.32. The quantitative estimate of drug-likeness (QED) is 0.663. The molecule has 1 aromatic heterocycles. The van der Waals surface area contributed by atoms with Crippen molar-refractivity contribution in [2.24, 2.45) is 0 Å². The maximum absolute atomic E-state index is 12.2. The summed E-state index contributed by atoms with van der Waals surface area (Å²) < 4.78 is 11.1. The van der Waals surface area contributed by atoms with Gasteiger partial charge in [0, 0.05) is 6.20 Å². The molecular weight excluding hydrogens is 368 g/mol. The Morgan fingerprint density at radius 3 is 2.45 bits per heavy atom. The molecule has 2 unspecified atom stereocenters. The molecule has 1 N–H and O–H groups in total. The molecular formula is C23H22N2O4. The Morgan fingerprint density at radius 1 is 1.03 bits per heavy atom. The van der Waals surface area contributed by atoms with Crippen molar-refractivity contribution >= 4 is 5.97 Å². The van der Waals surface area contributed by atoms with Crippen LogP contribution < -0.4 is 9.47 Å². The summed E-state index contributed by atoms with van der Waals surface area (Å²) in [4.78, 5) is 21.0. The number of carboxylic acid groups (broad SMARTS) is 1. The van der Waals surface area contributed by atoms with Gasteiger partial charge in [0.25, 0.3) is 0 Å². The number of carboxylic acids is 1. The van der Waals surface area contributed by atoms with E-state index in [4.69, 9.17) is 9.47 Å². The van der Waals surface area contributed by atoms with Crippen molar-refractivity contribution in [2.75, 3.05) is 7.11 Å². The fourth-order valence-corrected chi connectivity index (χ4v) is 3.74. The second-order valence-electron chi connectivity index (χ2n) is 7.02. The minimum atomic E-state index is -1.18. The highest BCUT2D eigenvalue weighted by Gasteiger charge is 2.34. The predicted octanol–water partition coefficient (Wildman–Crippen LogP) is 3.64. The van der Waals surface area contributed by atoms with Crippen LogP contribution in [0.4, 0.5) is 0 Å². The Kier molecular flexibility index (Phi) is 5.42. The van der Waals surface area contributed by atoms with Crippen molar-refractivity contribution in [1.29, 1.82) is 0 Å². The van der Waals surface area contributed by atoms with Crippen LogP contribution in [-0.2, 0) is 17.6 Å². The third-order valence-corrected chi connectivity index (χ3v) is 5.20. The van der Waals surface area contributed by atoms with Crippen molar-refractivity contribution < 1.29 is 19.4 Å². The van der Waals surface area contributed by atoms with Gasteiger partial charge < -0.3 is 14.6 Å². The van der Waals surface area contributed by atoms with Gasteiger partial charge in [-0.2, -0.15) is 4.98 Å². The van der Waals surface area contributed by atoms with Crippen molar-refractivity contribution in [3.8, 4) is 11.8 Å². The molecule has 1 aliphatic rings. The maximum Gasteiger partial charge on any atom is 0.346 e. The van der Waals surface area contributed by atoms with E-state index in [0.717, 1.165) is 41.6 Å². The summed E-state index contributed by atoms with van der Waals surface area (Å²) in [5, 5.41) is 10.0. The third kappa shape index (κ3) is 4.06. The zero-order chi connectivity index (χ0) is 20.2. The molecule has 1 heterocycles. The summed E-state index contributed by atoms with van der Waals surface area (Å²) in [5.74, 6) is -0.898. The van der Waals surface area contributed by atoms with Crippen LogP contribution in [-0.4, -0.2) is 34.3 Å². The normalized spacial score (nSPS) is 14.7. The van der Waals surface area contributed by atoms with Crippen molar-refractivity contribution in [3.05, 3.63) is 83.2 Å². The smallest absolute Gasteiger partial charge is 0.346 e. The number of methoxy groups -OCH3 is 1. The number of aromatic nitrogens is 2. The Balaban J connectivity index is 1.72. The van der Waals surface area contributed by atoms with Gasteiger partial charge in [-0.1, -0.05) is 42.5 Å². The summed E-state index contributed by atoms with van der Waals surface area (Å²) in [6, 6.07) is 16.9. The van der Waals surface area contributed by atoms with Crippen molar-refractivity contribution in [2.45, 2.75) is 31.3 Å². The number of ether oxygens (including phenoxy) is 2. The average molecular weight is 390 g/mol. The molecule has 0 saturated heterocycles. The molecule has 0 amide bonds. The molecule has 0 bridgehead atoms. The van der Waals surface area contributed by atoms with Gasteiger partial charge in [-0.05, 0) is 48.1 Å². The van der Waals surface area contributed by atoms with E-state index in [-0.39, 0.29) is 6.01 Å². The molecule has 0 spiro atoms. The number of fused-ring (bicyclic) bond motifs is 1. The number of nitrogens with zero attached hydrogens (tertiary/aromatic N) is 2. The van der Waals surface area contributed by atoms with Crippen LogP contribution in [0.25, 0.3) is 0 Å². The number of rotatable bonds is 7. The fourth-order valence-electron chi connectivity index (χ4n) is 3.74. The lowest BCUT2D eigenvalue weighted by Gasteiger charge is -2.25. The first-order chi connectivity index (χ1) is 14.2. The molecule has 0 fully saturated rings. The van der Waals surface area contributed by atoms with Gasteiger partial charge in [0.05, 0.1) is 18.7 Å². The van der Waals surface area contributed by atoms with E-state index >= 15 is 0 Å². The second-order valence-corrected chi connectivity index (χ2v) is 7.02. The molecule has 6 nitrogen and oxygen atoms in total. The summed E-state index contributed by atoms with van der Waals surface area (Å²) in [5.41, 5.74) is 3.70. The molecule has 29 heavy (non-hydrogen) atoms. The van der Waals surface area contributed by atoms with Gasteiger partial charge in [0.1, 0.15) is 5.75 Å². The average Bonchev–Trinajstić information content (AvgIpc) is 3.22. The zero-order valence-corrected chi connectivity index (χ0v) is 16.1. The summed E-state index contributed by atoms with van der Waals surface area (Å²) in [7, 11) is 1.60. The van der Waals surface area contributed by atoms with Gasteiger partial charge in [-0.25, -0.2) is 9.78 Å². The first-order valence-electron chi connectivity index (χ1n) is 9.59. The number of hydrogen-bond donors (Lipinski definition) is 1. The highest BCUT2D eigenvalue weighted by molar-refractivity contribution is 5.75. The molecule has 148 valence electrons. The molecule has 2 aromatic carbocycles. The summed E-state index contributed by atoms with van der Waals surface area (Å²) in [6.07, 6.45) is 3.43. The number of aliphatic carboxylic acids is 1. The van der Waals surface area contributed by atoms with Crippen molar-refractivity contribution in [1.82, 2.24) is 9.97 Å². The predicted molar refractivity (Wildman–Crippen MR) is 107 cm³/mol. The van der Waals surface area contributed by atoms with Crippen LogP contribution in [0.3, 0.4) is 0 Å².